The van der Waals surface area contributed by atoms with E-state index in [1.54, 1.807) is 10.9 Å². The van der Waals surface area contributed by atoms with Gasteiger partial charge in [0.1, 0.15) is 5.69 Å². The van der Waals surface area contributed by atoms with Gasteiger partial charge in [-0.2, -0.15) is 0 Å². The molecule has 0 fully saturated rings. The Morgan fingerprint density at radius 3 is 2.81 bits per heavy atom. The smallest absolute Gasteiger partial charge is 0.108 e. The minimum atomic E-state index is -0.0805. The summed E-state index contributed by atoms with van der Waals surface area (Å²) in [6, 6.07) is 8.02. The van der Waals surface area contributed by atoms with E-state index >= 15 is 0 Å². The second kappa shape index (κ2) is 4.87. The van der Waals surface area contributed by atoms with Crippen molar-refractivity contribution < 1.29 is 5.11 Å². The predicted molar refractivity (Wildman–Crippen MR) is 59.4 cm³/mol. The third-order valence-electron chi connectivity index (χ3n) is 2.32. The molecule has 1 heterocycles. The van der Waals surface area contributed by atoms with E-state index < -0.39 is 0 Å². The molecule has 0 aliphatic carbocycles. The zero-order chi connectivity index (χ0) is 11.4. The van der Waals surface area contributed by atoms with Gasteiger partial charge in [0.2, 0.25) is 0 Å². The summed E-state index contributed by atoms with van der Waals surface area (Å²) >= 11 is 0. The fraction of sp³-hybridized carbons (Fsp3) is 0.273. The van der Waals surface area contributed by atoms with Crippen LogP contribution in [-0.4, -0.2) is 20.1 Å². The average molecular weight is 218 g/mol. The maximum atomic E-state index is 8.87. The average Bonchev–Trinajstić information content (AvgIpc) is 2.77. The van der Waals surface area contributed by atoms with Gasteiger partial charge in [0, 0.05) is 6.54 Å². The SMILES string of the molecule is NCc1cccc(Cn2cc(CO)nn2)c1. The lowest BCUT2D eigenvalue weighted by Gasteiger charge is -2.03. The summed E-state index contributed by atoms with van der Waals surface area (Å²) in [5, 5.41) is 16.6. The van der Waals surface area contributed by atoms with Crippen molar-refractivity contribution in [2.45, 2.75) is 19.7 Å². The van der Waals surface area contributed by atoms with Gasteiger partial charge in [-0.25, -0.2) is 4.68 Å². The van der Waals surface area contributed by atoms with Crippen molar-refractivity contribution in [1.82, 2.24) is 15.0 Å². The van der Waals surface area contributed by atoms with Crippen molar-refractivity contribution in [3.05, 3.63) is 47.3 Å². The summed E-state index contributed by atoms with van der Waals surface area (Å²) in [4.78, 5) is 0. The zero-order valence-corrected chi connectivity index (χ0v) is 8.87. The number of aliphatic hydroxyl groups is 1. The summed E-state index contributed by atoms with van der Waals surface area (Å²) < 4.78 is 1.70. The van der Waals surface area contributed by atoms with Crippen molar-refractivity contribution in [2.24, 2.45) is 5.73 Å². The summed E-state index contributed by atoms with van der Waals surface area (Å²) in [7, 11) is 0. The van der Waals surface area contributed by atoms with E-state index in [0.29, 0.717) is 18.8 Å². The zero-order valence-electron chi connectivity index (χ0n) is 8.87. The number of aromatic nitrogens is 3. The third kappa shape index (κ3) is 2.44. The Labute approximate surface area is 93.5 Å². The molecule has 1 aromatic carbocycles. The Balaban J connectivity index is 2.13. The molecule has 0 bridgehead atoms. The highest BCUT2D eigenvalue weighted by Crippen LogP contribution is 2.06. The van der Waals surface area contributed by atoms with E-state index in [9.17, 15) is 0 Å². The highest BCUT2D eigenvalue weighted by molar-refractivity contribution is 5.23. The van der Waals surface area contributed by atoms with E-state index in [0.717, 1.165) is 11.1 Å². The summed E-state index contributed by atoms with van der Waals surface area (Å²) in [6.45, 7) is 1.09. The van der Waals surface area contributed by atoms with Crippen molar-refractivity contribution in [1.29, 1.82) is 0 Å². The van der Waals surface area contributed by atoms with Gasteiger partial charge in [-0.15, -0.1) is 5.10 Å². The van der Waals surface area contributed by atoms with Crippen LogP contribution in [0.5, 0.6) is 0 Å². The number of hydrogen-bond donors (Lipinski definition) is 2. The van der Waals surface area contributed by atoms with Crippen LogP contribution in [0.4, 0.5) is 0 Å². The molecule has 5 heteroatoms. The number of rotatable bonds is 4. The van der Waals surface area contributed by atoms with Gasteiger partial charge in [0.05, 0.1) is 19.3 Å². The van der Waals surface area contributed by atoms with Crippen LogP contribution in [0.1, 0.15) is 16.8 Å². The fourth-order valence-electron chi connectivity index (χ4n) is 1.53. The first-order chi connectivity index (χ1) is 7.81. The van der Waals surface area contributed by atoms with Gasteiger partial charge < -0.3 is 10.8 Å². The topological polar surface area (TPSA) is 77.0 Å². The Bertz CT molecular complexity index is 467. The van der Waals surface area contributed by atoms with Crippen LogP contribution >= 0.6 is 0 Å². The summed E-state index contributed by atoms with van der Waals surface area (Å²) in [6.07, 6.45) is 1.73. The molecule has 16 heavy (non-hydrogen) atoms. The van der Waals surface area contributed by atoms with Gasteiger partial charge in [-0.3, -0.25) is 0 Å². The van der Waals surface area contributed by atoms with Crippen LogP contribution in [0.3, 0.4) is 0 Å². The Kier molecular flexibility index (Phi) is 3.28. The second-order valence-corrected chi connectivity index (χ2v) is 3.59. The maximum Gasteiger partial charge on any atom is 0.108 e. The first kappa shape index (κ1) is 10.8. The minimum Gasteiger partial charge on any atom is -0.390 e. The van der Waals surface area contributed by atoms with E-state index in [2.05, 4.69) is 10.3 Å². The standard InChI is InChI=1S/C11H14N4O/c12-5-9-2-1-3-10(4-9)6-15-7-11(8-16)13-14-15/h1-4,7,16H,5-6,8,12H2. The third-order valence-corrected chi connectivity index (χ3v) is 2.32. The number of nitrogens with zero attached hydrogens (tertiary/aromatic N) is 3. The van der Waals surface area contributed by atoms with Crippen LogP contribution < -0.4 is 5.73 Å². The molecule has 84 valence electrons. The monoisotopic (exact) mass is 218 g/mol. The molecule has 0 atom stereocenters. The highest BCUT2D eigenvalue weighted by atomic mass is 16.3. The molecule has 3 N–H and O–H groups in total. The predicted octanol–water partition coefficient (Wildman–Crippen LogP) is 0.277. The highest BCUT2D eigenvalue weighted by Gasteiger charge is 2.00. The molecule has 1 aromatic heterocycles. The largest absolute Gasteiger partial charge is 0.390 e. The van der Waals surface area contributed by atoms with Gasteiger partial charge in [0.25, 0.3) is 0 Å². The van der Waals surface area contributed by atoms with Crippen LogP contribution in [-0.2, 0) is 19.7 Å². The maximum absolute atomic E-state index is 8.87. The molecule has 0 amide bonds. The molecule has 0 unspecified atom stereocenters. The molecule has 2 aromatic rings. The van der Waals surface area contributed by atoms with E-state index in [-0.39, 0.29) is 6.61 Å². The quantitative estimate of drug-likeness (QED) is 0.772. The van der Waals surface area contributed by atoms with Crippen molar-refractivity contribution >= 4 is 0 Å². The molecule has 0 spiro atoms. The lowest BCUT2D eigenvalue weighted by Crippen LogP contribution is -2.02. The Hall–Kier alpha value is -1.72. The fourth-order valence-corrected chi connectivity index (χ4v) is 1.53. The summed E-state index contributed by atoms with van der Waals surface area (Å²) in [5.41, 5.74) is 8.37. The number of nitrogens with two attached hydrogens (primary N) is 1. The first-order valence-corrected chi connectivity index (χ1v) is 5.09. The lowest BCUT2D eigenvalue weighted by atomic mass is 10.1. The molecule has 0 saturated heterocycles. The molecule has 0 radical (unpaired) electrons. The van der Waals surface area contributed by atoms with Crippen molar-refractivity contribution in [3.8, 4) is 0 Å². The normalized spacial score (nSPS) is 10.6. The molecular weight excluding hydrogens is 204 g/mol. The number of hydrogen-bond acceptors (Lipinski definition) is 4. The van der Waals surface area contributed by atoms with E-state index in [4.69, 9.17) is 10.8 Å². The summed E-state index contributed by atoms with van der Waals surface area (Å²) in [5.74, 6) is 0. The van der Waals surface area contributed by atoms with Crippen molar-refractivity contribution in [3.63, 3.8) is 0 Å². The van der Waals surface area contributed by atoms with Gasteiger partial charge in [0.15, 0.2) is 0 Å². The molecule has 0 saturated carbocycles. The van der Waals surface area contributed by atoms with Crippen LogP contribution in [0.25, 0.3) is 0 Å². The molecular formula is C11H14N4O. The Morgan fingerprint density at radius 1 is 1.31 bits per heavy atom. The minimum absolute atomic E-state index is 0.0805. The van der Waals surface area contributed by atoms with Crippen molar-refractivity contribution in [2.75, 3.05) is 0 Å². The van der Waals surface area contributed by atoms with Crippen LogP contribution in [0, 0.1) is 0 Å². The van der Waals surface area contributed by atoms with Gasteiger partial charge in [-0.1, -0.05) is 29.5 Å². The first-order valence-electron chi connectivity index (χ1n) is 5.09. The lowest BCUT2D eigenvalue weighted by molar-refractivity contribution is 0.276. The molecule has 5 nitrogen and oxygen atoms in total. The van der Waals surface area contributed by atoms with Crippen LogP contribution in [0.15, 0.2) is 30.5 Å². The second-order valence-electron chi connectivity index (χ2n) is 3.59. The number of aliphatic hydroxyl groups excluding tert-OH is 1. The number of benzene rings is 1. The molecule has 2 rings (SSSR count). The Morgan fingerprint density at radius 2 is 2.12 bits per heavy atom. The van der Waals surface area contributed by atoms with Gasteiger partial charge in [-0.05, 0) is 11.1 Å². The molecule has 0 aliphatic heterocycles. The van der Waals surface area contributed by atoms with Crippen LogP contribution in [0.2, 0.25) is 0 Å². The van der Waals surface area contributed by atoms with Gasteiger partial charge >= 0.3 is 0 Å². The molecule has 0 aliphatic rings. The van der Waals surface area contributed by atoms with E-state index in [1.807, 2.05) is 24.3 Å². The van der Waals surface area contributed by atoms with E-state index in [1.165, 1.54) is 0 Å².